The van der Waals surface area contributed by atoms with E-state index in [0.717, 1.165) is 42.7 Å². The number of nitrogens with zero attached hydrogens (tertiary/aromatic N) is 2. The number of benzene rings is 2. The molecule has 2 aromatic carbocycles. The monoisotopic (exact) mass is 465 g/mol. The number of methoxy groups -OCH3 is 4. The van der Waals surface area contributed by atoms with Crippen molar-refractivity contribution in [1.82, 2.24) is 9.88 Å². The first-order chi connectivity index (χ1) is 16.4. The molecule has 1 saturated heterocycles. The Kier molecular flexibility index (Phi) is 6.95. The summed E-state index contributed by atoms with van der Waals surface area (Å²) in [5.74, 6) is 2.98. The SMILES string of the molecule is COc1cc(Nc2cc(C(=O)N3CCC(C)CC3)nc3cc(OC)c(OC)cc23)cc(OC)c1. The van der Waals surface area contributed by atoms with Crippen LogP contribution in [0.15, 0.2) is 36.4 Å². The predicted octanol–water partition coefficient (Wildman–Crippen LogP) is 4.88. The van der Waals surface area contributed by atoms with Crippen LogP contribution in [0.25, 0.3) is 10.9 Å². The first kappa shape index (κ1) is 23.5. The summed E-state index contributed by atoms with van der Waals surface area (Å²) in [5.41, 5.74) is 2.48. The zero-order valence-corrected chi connectivity index (χ0v) is 20.3. The summed E-state index contributed by atoms with van der Waals surface area (Å²) in [4.78, 5) is 20.0. The van der Waals surface area contributed by atoms with Crippen LogP contribution >= 0.6 is 0 Å². The van der Waals surface area contributed by atoms with Gasteiger partial charge < -0.3 is 29.2 Å². The molecule has 8 nitrogen and oxygen atoms in total. The third-order valence-corrected chi connectivity index (χ3v) is 6.23. The molecule has 0 aliphatic carbocycles. The molecule has 1 aromatic heterocycles. The molecule has 4 rings (SSSR count). The fourth-order valence-electron chi connectivity index (χ4n) is 4.17. The molecule has 1 N–H and O–H groups in total. The van der Waals surface area contributed by atoms with E-state index in [-0.39, 0.29) is 5.91 Å². The number of piperidine rings is 1. The maximum absolute atomic E-state index is 13.4. The van der Waals surface area contributed by atoms with Crippen molar-refractivity contribution < 1.29 is 23.7 Å². The van der Waals surface area contributed by atoms with Crippen molar-refractivity contribution in [3.05, 3.63) is 42.1 Å². The number of aromatic nitrogens is 1. The Labute approximate surface area is 199 Å². The van der Waals surface area contributed by atoms with Gasteiger partial charge in [-0.2, -0.15) is 0 Å². The Hall–Kier alpha value is -3.68. The number of amides is 1. The minimum atomic E-state index is -0.0742. The third-order valence-electron chi connectivity index (χ3n) is 6.23. The van der Waals surface area contributed by atoms with Crippen molar-refractivity contribution in [2.24, 2.45) is 5.92 Å². The highest BCUT2D eigenvalue weighted by atomic mass is 16.5. The molecule has 0 spiro atoms. The predicted molar refractivity (Wildman–Crippen MR) is 132 cm³/mol. The lowest BCUT2D eigenvalue weighted by Crippen LogP contribution is -2.38. The van der Waals surface area contributed by atoms with Crippen LogP contribution in [0.3, 0.4) is 0 Å². The van der Waals surface area contributed by atoms with Gasteiger partial charge in [0, 0.05) is 48.4 Å². The lowest BCUT2D eigenvalue weighted by Gasteiger charge is -2.30. The molecule has 1 aliphatic rings. The van der Waals surface area contributed by atoms with Crippen molar-refractivity contribution in [3.63, 3.8) is 0 Å². The first-order valence-corrected chi connectivity index (χ1v) is 11.3. The van der Waals surface area contributed by atoms with E-state index in [1.807, 2.05) is 23.1 Å². The number of hydrogen-bond acceptors (Lipinski definition) is 7. The van der Waals surface area contributed by atoms with Gasteiger partial charge in [0.25, 0.3) is 5.91 Å². The van der Waals surface area contributed by atoms with Crippen LogP contribution in [-0.4, -0.2) is 57.3 Å². The molecule has 1 fully saturated rings. The molecule has 8 heteroatoms. The molecule has 2 heterocycles. The number of likely N-dealkylation sites (tertiary alicyclic amines) is 1. The highest BCUT2D eigenvalue weighted by Crippen LogP contribution is 2.37. The van der Waals surface area contributed by atoms with Gasteiger partial charge in [-0.15, -0.1) is 0 Å². The van der Waals surface area contributed by atoms with Gasteiger partial charge in [0.15, 0.2) is 11.5 Å². The van der Waals surface area contributed by atoms with E-state index < -0.39 is 0 Å². The molecule has 34 heavy (non-hydrogen) atoms. The average molecular weight is 466 g/mol. The van der Waals surface area contributed by atoms with E-state index in [9.17, 15) is 4.79 Å². The summed E-state index contributed by atoms with van der Waals surface area (Å²) >= 11 is 0. The Morgan fingerprint density at radius 1 is 0.882 bits per heavy atom. The molecule has 180 valence electrons. The number of nitrogens with one attached hydrogen (secondary N) is 1. The van der Waals surface area contributed by atoms with Crippen LogP contribution in [0, 0.1) is 5.92 Å². The molecule has 3 aromatic rings. The second-order valence-electron chi connectivity index (χ2n) is 8.48. The van der Waals surface area contributed by atoms with Crippen molar-refractivity contribution in [2.45, 2.75) is 19.8 Å². The van der Waals surface area contributed by atoms with Crippen LogP contribution in [0.1, 0.15) is 30.3 Å². The van der Waals surface area contributed by atoms with E-state index in [0.29, 0.717) is 40.1 Å². The minimum Gasteiger partial charge on any atom is -0.497 e. The topological polar surface area (TPSA) is 82.2 Å². The van der Waals surface area contributed by atoms with Crippen molar-refractivity contribution in [3.8, 4) is 23.0 Å². The summed E-state index contributed by atoms with van der Waals surface area (Å²) in [6.07, 6.45) is 2.00. The third kappa shape index (κ3) is 4.81. The van der Waals surface area contributed by atoms with Gasteiger partial charge in [0.05, 0.1) is 39.6 Å². The largest absolute Gasteiger partial charge is 0.497 e. The molecule has 0 unspecified atom stereocenters. The zero-order chi connectivity index (χ0) is 24.2. The number of hydrogen-bond donors (Lipinski definition) is 1. The molecular weight excluding hydrogens is 434 g/mol. The molecular formula is C26H31N3O5. The van der Waals surface area contributed by atoms with Gasteiger partial charge in [0.2, 0.25) is 0 Å². The molecule has 0 atom stereocenters. The van der Waals surface area contributed by atoms with Crippen LogP contribution in [-0.2, 0) is 0 Å². The summed E-state index contributed by atoms with van der Waals surface area (Å²) in [5, 5.41) is 4.22. The summed E-state index contributed by atoms with van der Waals surface area (Å²) < 4.78 is 21.8. The molecule has 1 aliphatic heterocycles. The number of carbonyl (C=O) groups excluding carboxylic acids is 1. The van der Waals surface area contributed by atoms with Gasteiger partial charge in [-0.3, -0.25) is 4.79 Å². The smallest absolute Gasteiger partial charge is 0.272 e. The zero-order valence-electron chi connectivity index (χ0n) is 20.3. The van der Waals surface area contributed by atoms with Crippen molar-refractivity contribution >= 4 is 28.2 Å². The fraction of sp³-hybridized carbons (Fsp3) is 0.385. The second-order valence-corrected chi connectivity index (χ2v) is 8.48. The van der Waals surface area contributed by atoms with Crippen LogP contribution in [0.4, 0.5) is 11.4 Å². The summed E-state index contributed by atoms with van der Waals surface area (Å²) in [7, 11) is 6.38. The maximum Gasteiger partial charge on any atom is 0.272 e. The highest BCUT2D eigenvalue weighted by Gasteiger charge is 2.24. The van der Waals surface area contributed by atoms with Gasteiger partial charge >= 0.3 is 0 Å². The van der Waals surface area contributed by atoms with Gasteiger partial charge in [0.1, 0.15) is 17.2 Å². The number of rotatable bonds is 7. The van der Waals surface area contributed by atoms with Crippen LogP contribution in [0.2, 0.25) is 0 Å². The maximum atomic E-state index is 13.4. The second kappa shape index (κ2) is 10.1. The van der Waals surface area contributed by atoms with E-state index in [2.05, 4.69) is 12.2 Å². The number of pyridine rings is 1. The minimum absolute atomic E-state index is 0.0742. The lowest BCUT2D eigenvalue weighted by molar-refractivity contribution is 0.0691. The lowest BCUT2D eigenvalue weighted by atomic mass is 9.99. The highest BCUT2D eigenvalue weighted by molar-refractivity contribution is 6.01. The van der Waals surface area contributed by atoms with E-state index in [4.69, 9.17) is 23.9 Å². The van der Waals surface area contributed by atoms with Gasteiger partial charge in [-0.25, -0.2) is 4.98 Å². The standard InChI is InChI=1S/C26H31N3O5/c1-16-6-8-29(9-7-16)26(30)23-14-21(27-17-10-18(31-2)12-19(11-17)32-3)20-13-24(33-4)25(34-5)15-22(20)28-23/h10-16H,6-9H2,1-5H3,(H,27,28). The Morgan fingerprint density at radius 3 is 2.09 bits per heavy atom. The van der Waals surface area contributed by atoms with Crippen molar-refractivity contribution in [2.75, 3.05) is 46.8 Å². The van der Waals surface area contributed by atoms with E-state index >= 15 is 0 Å². The first-order valence-electron chi connectivity index (χ1n) is 11.3. The molecule has 0 bridgehead atoms. The Morgan fingerprint density at radius 2 is 1.50 bits per heavy atom. The molecule has 1 amide bonds. The fourth-order valence-corrected chi connectivity index (χ4v) is 4.17. The van der Waals surface area contributed by atoms with E-state index in [1.54, 1.807) is 46.6 Å². The summed E-state index contributed by atoms with van der Waals surface area (Å²) in [6.45, 7) is 3.70. The normalized spacial score (nSPS) is 14.1. The van der Waals surface area contributed by atoms with Gasteiger partial charge in [-0.1, -0.05) is 6.92 Å². The molecule has 0 radical (unpaired) electrons. The van der Waals surface area contributed by atoms with Crippen molar-refractivity contribution in [1.29, 1.82) is 0 Å². The quantitative estimate of drug-likeness (QED) is 0.532. The molecule has 0 saturated carbocycles. The number of anilines is 2. The Balaban J connectivity index is 1.82. The van der Waals surface area contributed by atoms with Crippen LogP contribution in [0.5, 0.6) is 23.0 Å². The average Bonchev–Trinajstić information content (AvgIpc) is 2.87. The summed E-state index contributed by atoms with van der Waals surface area (Å²) in [6, 6.07) is 11.0. The van der Waals surface area contributed by atoms with E-state index in [1.165, 1.54) is 0 Å². The number of fused-ring (bicyclic) bond motifs is 1. The van der Waals surface area contributed by atoms with Gasteiger partial charge in [-0.05, 0) is 30.9 Å². The van der Waals surface area contributed by atoms with Crippen LogP contribution < -0.4 is 24.3 Å². The Bertz CT molecular complexity index is 1170. The number of carbonyl (C=O) groups is 1. The number of ether oxygens (including phenoxy) is 4.